The zero-order chi connectivity index (χ0) is 12.1. The average molecular weight is 202 g/mol. The molecule has 0 heterocycles. The number of carbonyl (C=O) groups is 2. The lowest BCUT2D eigenvalue weighted by Gasteiger charge is -1.72. The Labute approximate surface area is 84.3 Å². The van der Waals surface area contributed by atoms with Gasteiger partial charge in [-0.25, -0.2) is 0 Å². The number of nitrogens with two attached hydrogens (primary N) is 1. The molecule has 1 amide bonds. The van der Waals surface area contributed by atoms with Gasteiger partial charge in [-0.15, -0.1) is 0 Å². The average Bonchev–Trinajstić information content (AvgIpc) is 2.04. The van der Waals surface area contributed by atoms with Gasteiger partial charge >= 0.3 is 0 Å². The van der Waals surface area contributed by atoms with E-state index in [-0.39, 0.29) is 5.78 Å². The van der Waals surface area contributed by atoms with Crippen LogP contribution in [-0.2, 0) is 9.59 Å². The maximum atomic E-state index is 9.47. The van der Waals surface area contributed by atoms with Crippen LogP contribution in [0.2, 0.25) is 0 Å². The lowest BCUT2D eigenvalue weighted by Crippen LogP contribution is -2.04. The van der Waals surface area contributed by atoms with Gasteiger partial charge in [-0.3, -0.25) is 4.79 Å². The van der Waals surface area contributed by atoms with Gasteiger partial charge in [0.25, 0.3) is 0 Å². The molecule has 5 nitrogen and oxygen atoms in total. The van der Waals surface area contributed by atoms with Crippen molar-refractivity contribution >= 4 is 17.4 Å². The van der Waals surface area contributed by atoms with Crippen LogP contribution in [0.4, 0.5) is 0 Å². The minimum absolute atomic E-state index is 0.167. The molecule has 0 fully saturated rings. The van der Waals surface area contributed by atoms with Gasteiger partial charge in [0.15, 0.2) is 0 Å². The minimum Gasteiger partial charge on any atom is -0.411 e. The Bertz CT molecular complexity index is 202. The third kappa shape index (κ3) is 164. The highest BCUT2D eigenvalue weighted by Crippen LogP contribution is 1.62. The molecule has 0 aromatic carbocycles. The maximum Gasteiger partial charge on any atom is 0.240 e. The van der Waals surface area contributed by atoms with Gasteiger partial charge in [0.1, 0.15) is 5.78 Å². The number of carbonyl (C=O) groups excluding carboxylic acids is 2. The summed E-state index contributed by atoms with van der Waals surface area (Å²) in [5, 5.41) is 10.5. The van der Waals surface area contributed by atoms with Gasteiger partial charge in [-0.1, -0.05) is 11.7 Å². The molecular weight excluding hydrogens is 184 g/mol. The first-order chi connectivity index (χ1) is 6.27. The molecule has 0 aliphatic rings. The molecule has 0 bridgehead atoms. The Hall–Kier alpha value is -1.65. The van der Waals surface area contributed by atoms with Crippen LogP contribution in [0.3, 0.4) is 0 Å². The number of rotatable bonds is 1. The maximum absolute atomic E-state index is 9.47. The number of hydrogen-bond acceptors (Lipinski definition) is 4. The first-order valence-corrected chi connectivity index (χ1v) is 3.82. The van der Waals surface area contributed by atoms with E-state index in [1.54, 1.807) is 13.8 Å². The molecule has 0 aliphatic carbocycles. The highest BCUT2D eigenvalue weighted by Gasteiger charge is 1.69. The van der Waals surface area contributed by atoms with E-state index in [1.807, 2.05) is 0 Å². The fourth-order valence-corrected chi connectivity index (χ4v) is 0. The topological polar surface area (TPSA) is 92.8 Å². The smallest absolute Gasteiger partial charge is 0.240 e. The summed E-state index contributed by atoms with van der Waals surface area (Å²) in [6.45, 7) is 9.59. The van der Waals surface area contributed by atoms with E-state index >= 15 is 0 Å². The van der Waals surface area contributed by atoms with Crippen molar-refractivity contribution in [1.29, 1.82) is 0 Å². The number of amides is 1. The summed E-state index contributed by atoms with van der Waals surface area (Å²) in [5.41, 5.74) is 5.22. The Morgan fingerprint density at radius 3 is 1.43 bits per heavy atom. The lowest BCUT2D eigenvalue weighted by molar-refractivity contribution is -0.115. The molecule has 0 saturated carbocycles. The Kier molecular flexibility index (Phi) is 18.1. The van der Waals surface area contributed by atoms with Crippen molar-refractivity contribution in [2.24, 2.45) is 10.9 Å². The third-order valence-corrected chi connectivity index (χ3v) is 0.401. The fraction of sp³-hybridized carbons (Fsp3) is 0.444. The molecular formula is C9H18N2O3. The normalized spacial score (nSPS) is 6.57. The Morgan fingerprint density at radius 1 is 1.29 bits per heavy atom. The van der Waals surface area contributed by atoms with Crippen molar-refractivity contribution in [1.82, 2.24) is 0 Å². The van der Waals surface area contributed by atoms with Gasteiger partial charge in [-0.05, 0) is 33.8 Å². The summed E-state index contributed by atoms with van der Waals surface area (Å²) >= 11 is 0. The third-order valence-electron chi connectivity index (χ3n) is 0.401. The molecule has 0 spiro atoms. The predicted octanol–water partition coefficient (Wildman–Crippen LogP) is 1.11. The van der Waals surface area contributed by atoms with Gasteiger partial charge in [0.05, 0.1) is 5.71 Å². The van der Waals surface area contributed by atoms with Crippen molar-refractivity contribution in [3.8, 4) is 0 Å². The first-order valence-electron chi connectivity index (χ1n) is 3.82. The number of ketones is 1. The second-order valence-electron chi connectivity index (χ2n) is 2.56. The second-order valence-corrected chi connectivity index (χ2v) is 2.56. The summed E-state index contributed by atoms with van der Waals surface area (Å²) in [4.78, 5) is 18.9. The van der Waals surface area contributed by atoms with Crippen molar-refractivity contribution in [2.75, 3.05) is 0 Å². The van der Waals surface area contributed by atoms with Gasteiger partial charge < -0.3 is 15.7 Å². The standard InChI is InChI=1S/C3H7NO.C3H5NO.C3H6O/c1-3(2)4-5;1-2-3(4)5;1-3(2)4/h5H,1-2H3;2H,1H2,(H2,4,5);1-2H3. The number of hydrogen-bond donors (Lipinski definition) is 2. The Morgan fingerprint density at radius 2 is 1.43 bits per heavy atom. The summed E-state index contributed by atoms with van der Waals surface area (Å²) in [5.74, 6) is -0.315. The molecule has 0 aromatic heterocycles. The molecule has 0 rings (SSSR count). The van der Waals surface area contributed by atoms with Crippen LogP contribution in [0.15, 0.2) is 17.8 Å². The zero-order valence-corrected chi connectivity index (χ0v) is 9.07. The van der Waals surface area contributed by atoms with Gasteiger partial charge in [0, 0.05) is 0 Å². The van der Waals surface area contributed by atoms with Crippen LogP contribution in [0.1, 0.15) is 27.7 Å². The van der Waals surface area contributed by atoms with Crippen LogP contribution in [0.5, 0.6) is 0 Å². The monoisotopic (exact) mass is 202 g/mol. The van der Waals surface area contributed by atoms with Crippen LogP contribution < -0.4 is 5.73 Å². The number of primary amides is 1. The zero-order valence-electron chi connectivity index (χ0n) is 9.07. The van der Waals surface area contributed by atoms with E-state index in [0.717, 1.165) is 6.08 Å². The quantitative estimate of drug-likeness (QED) is 0.288. The van der Waals surface area contributed by atoms with E-state index in [0.29, 0.717) is 5.71 Å². The highest BCUT2D eigenvalue weighted by atomic mass is 16.4. The van der Waals surface area contributed by atoms with Gasteiger partial charge in [0.2, 0.25) is 5.91 Å². The lowest BCUT2D eigenvalue weighted by atomic mass is 10.5. The molecule has 0 unspecified atom stereocenters. The second kappa shape index (κ2) is 13.9. The van der Waals surface area contributed by atoms with Gasteiger partial charge in [-0.2, -0.15) is 0 Å². The van der Waals surface area contributed by atoms with Crippen molar-refractivity contribution in [3.05, 3.63) is 12.7 Å². The molecule has 5 heteroatoms. The number of oxime groups is 1. The number of nitrogens with zero attached hydrogens (tertiary/aromatic N) is 1. The van der Waals surface area contributed by atoms with Crippen molar-refractivity contribution in [3.63, 3.8) is 0 Å². The van der Waals surface area contributed by atoms with E-state index < -0.39 is 5.91 Å². The van der Waals surface area contributed by atoms with Crippen LogP contribution in [0.25, 0.3) is 0 Å². The largest absolute Gasteiger partial charge is 0.411 e. The molecule has 82 valence electrons. The van der Waals surface area contributed by atoms with Crippen molar-refractivity contribution in [2.45, 2.75) is 27.7 Å². The van der Waals surface area contributed by atoms with E-state index in [9.17, 15) is 9.59 Å². The van der Waals surface area contributed by atoms with E-state index in [1.165, 1.54) is 13.8 Å². The molecule has 0 atom stereocenters. The predicted molar refractivity (Wildman–Crippen MR) is 56.3 cm³/mol. The Balaban J connectivity index is -0.000000131. The number of Topliss-reactive ketones (excluding diaryl/α,β-unsaturated/α-hetero) is 1. The minimum atomic E-state index is -0.481. The summed E-state index contributed by atoms with van der Waals surface area (Å²) in [6.07, 6.45) is 1.06. The summed E-state index contributed by atoms with van der Waals surface area (Å²) in [7, 11) is 0. The molecule has 0 radical (unpaired) electrons. The van der Waals surface area contributed by atoms with E-state index in [4.69, 9.17) is 5.21 Å². The van der Waals surface area contributed by atoms with Crippen LogP contribution in [-0.4, -0.2) is 22.6 Å². The summed E-state index contributed by atoms with van der Waals surface area (Å²) < 4.78 is 0. The van der Waals surface area contributed by atoms with Crippen LogP contribution in [0, 0.1) is 0 Å². The summed E-state index contributed by atoms with van der Waals surface area (Å²) in [6, 6.07) is 0. The molecule has 0 aromatic rings. The first kappa shape index (κ1) is 18.2. The highest BCUT2D eigenvalue weighted by molar-refractivity contribution is 5.84. The molecule has 0 aliphatic heterocycles. The van der Waals surface area contributed by atoms with Crippen molar-refractivity contribution < 1.29 is 14.8 Å². The SMILES string of the molecule is C=CC(N)=O.CC(C)=NO.CC(C)=O. The molecule has 3 N–H and O–H groups in total. The molecule has 0 saturated heterocycles. The van der Waals surface area contributed by atoms with E-state index in [2.05, 4.69) is 17.5 Å². The molecule has 14 heavy (non-hydrogen) atoms. The van der Waals surface area contributed by atoms with Crippen LogP contribution >= 0.6 is 0 Å². The fourth-order valence-electron chi connectivity index (χ4n) is 0.